The lowest BCUT2D eigenvalue weighted by Gasteiger charge is -2.27. The van der Waals surface area contributed by atoms with E-state index in [1.54, 1.807) is 0 Å². The van der Waals surface area contributed by atoms with Crippen LogP contribution in [0.15, 0.2) is 48.5 Å². The second-order valence-electron chi connectivity index (χ2n) is 5.32. The van der Waals surface area contributed by atoms with Crippen LogP contribution in [0.1, 0.15) is 30.4 Å². The Morgan fingerprint density at radius 1 is 0.947 bits per heavy atom. The fourth-order valence-electron chi connectivity index (χ4n) is 3.21. The molecule has 2 aromatic carbocycles. The molecule has 1 fully saturated rings. The van der Waals surface area contributed by atoms with Gasteiger partial charge in [0, 0.05) is 5.92 Å². The third-order valence-corrected chi connectivity index (χ3v) is 5.66. The van der Waals surface area contributed by atoms with Crippen molar-refractivity contribution in [3.63, 3.8) is 0 Å². The summed E-state index contributed by atoms with van der Waals surface area (Å²) in [5.74, 6) is 0.443. The minimum Gasteiger partial charge on any atom is -0.369 e. The zero-order valence-electron chi connectivity index (χ0n) is 11.0. The molecule has 2 heteroatoms. The lowest BCUT2D eigenvalue weighted by atomic mass is 9.86. The molecule has 96 valence electrons. The SMILES string of the molecule is CCC1OC1C1c2ccccc2Pc2ccccc21. The summed E-state index contributed by atoms with van der Waals surface area (Å²) in [4.78, 5) is 0. The Morgan fingerprint density at radius 3 is 2.05 bits per heavy atom. The quantitative estimate of drug-likeness (QED) is 0.602. The number of epoxide rings is 1. The molecule has 2 atom stereocenters. The zero-order valence-corrected chi connectivity index (χ0v) is 12.0. The molecule has 0 amide bonds. The monoisotopic (exact) mass is 268 g/mol. The van der Waals surface area contributed by atoms with Crippen LogP contribution in [0.4, 0.5) is 0 Å². The molecular weight excluding hydrogens is 251 g/mol. The van der Waals surface area contributed by atoms with Gasteiger partial charge in [0.15, 0.2) is 0 Å². The molecule has 19 heavy (non-hydrogen) atoms. The molecule has 2 aromatic rings. The topological polar surface area (TPSA) is 12.5 Å². The summed E-state index contributed by atoms with van der Waals surface area (Å²) in [6.07, 6.45) is 1.96. The highest BCUT2D eigenvalue weighted by molar-refractivity contribution is 7.56. The first-order valence-corrected chi connectivity index (χ1v) is 7.99. The number of hydrogen-bond acceptors (Lipinski definition) is 1. The van der Waals surface area contributed by atoms with Gasteiger partial charge in [0.05, 0.1) is 12.2 Å². The van der Waals surface area contributed by atoms with Gasteiger partial charge in [-0.2, -0.15) is 0 Å². The van der Waals surface area contributed by atoms with E-state index >= 15 is 0 Å². The number of rotatable bonds is 2. The van der Waals surface area contributed by atoms with Crippen LogP contribution in [0.3, 0.4) is 0 Å². The Labute approximate surface area is 115 Å². The second kappa shape index (κ2) is 4.44. The highest BCUT2D eigenvalue weighted by atomic mass is 31.1. The van der Waals surface area contributed by atoms with Gasteiger partial charge in [0.2, 0.25) is 0 Å². The molecule has 0 N–H and O–H groups in total. The van der Waals surface area contributed by atoms with Crippen LogP contribution < -0.4 is 10.6 Å². The Morgan fingerprint density at radius 2 is 1.53 bits per heavy atom. The molecule has 4 rings (SSSR count). The van der Waals surface area contributed by atoms with Crippen LogP contribution in [0.2, 0.25) is 0 Å². The largest absolute Gasteiger partial charge is 0.369 e. The molecule has 2 aliphatic heterocycles. The standard InChI is InChI=1S/C17H17OP/c1-2-13-17(18-13)16-11-7-3-5-9-14(11)19-15-10-6-4-8-12(15)16/h3-10,13,16-17,19H,2H2,1H3. The molecule has 0 bridgehead atoms. The Kier molecular flexibility index (Phi) is 2.72. The summed E-state index contributed by atoms with van der Waals surface area (Å²) in [7, 11) is 0.788. The van der Waals surface area contributed by atoms with E-state index in [0.29, 0.717) is 18.1 Å². The van der Waals surface area contributed by atoms with Gasteiger partial charge in [-0.3, -0.25) is 0 Å². The molecule has 0 aromatic heterocycles. The third kappa shape index (κ3) is 1.84. The van der Waals surface area contributed by atoms with Gasteiger partial charge >= 0.3 is 0 Å². The fraction of sp³-hybridized carbons (Fsp3) is 0.294. The van der Waals surface area contributed by atoms with E-state index in [-0.39, 0.29) is 0 Å². The predicted octanol–water partition coefficient (Wildman–Crippen LogP) is 2.94. The van der Waals surface area contributed by atoms with E-state index in [9.17, 15) is 0 Å². The number of benzene rings is 2. The molecule has 0 spiro atoms. The molecular formula is C17H17OP. The summed E-state index contributed by atoms with van der Waals surface area (Å²) in [5.41, 5.74) is 2.97. The number of hydrogen-bond donors (Lipinski definition) is 0. The summed E-state index contributed by atoms with van der Waals surface area (Å²) in [5, 5.41) is 2.99. The second-order valence-corrected chi connectivity index (χ2v) is 6.65. The molecule has 2 heterocycles. The lowest BCUT2D eigenvalue weighted by Crippen LogP contribution is -2.27. The molecule has 0 radical (unpaired) electrons. The van der Waals surface area contributed by atoms with Gasteiger partial charge in [0.25, 0.3) is 0 Å². The van der Waals surface area contributed by atoms with Crippen LogP contribution in [0.25, 0.3) is 0 Å². The lowest BCUT2D eigenvalue weighted by molar-refractivity contribution is 0.355. The van der Waals surface area contributed by atoms with Crippen LogP contribution >= 0.6 is 8.58 Å². The fourth-order valence-corrected chi connectivity index (χ4v) is 4.62. The van der Waals surface area contributed by atoms with E-state index in [2.05, 4.69) is 55.5 Å². The average Bonchev–Trinajstić information content (AvgIpc) is 3.24. The van der Waals surface area contributed by atoms with Crippen LogP contribution in [0, 0.1) is 0 Å². The van der Waals surface area contributed by atoms with Gasteiger partial charge in [-0.1, -0.05) is 64.0 Å². The maximum absolute atomic E-state index is 5.92. The minimum atomic E-state index is 0.386. The van der Waals surface area contributed by atoms with Crippen molar-refractivity contribution in [2.75, 3.05) is 0 Å². The Hall–Kier alpha value is -1.17. The molecule has 2 unspecified atom stereocenters. The summed E-state index contributed by atoms with van der Waals surface area (Å²) < 4.78 is 5.92. The first-order valence-electron chi connectivity index (χ1n) is 6.99. The van der Waals surface area contributed by atoms with Crippen molar-refractivity contribution in [1.29, 1.82) is 0 Å². The highest BCUT2D eigenvalue weighted by Crippen LogP contribution is 2.44. The zero-order chi connectivity index (χ0) is 12.8. The van der Waals surface area contributed by atoms with Gasteiger partial charge < -0.3 is 4.74 Å². The number of fused-ring (bicyclic) bond motifs is 2. The van der Waals surface area contributed by atoms with Crippen LogP contribution in [-0.2, 0) is 4.74 Å². The first-order chi connectivity index (χ1) is 9.38. The minimum absolute atomic E-state index is 0.386. The van der Waals surface area contributed by atoms with Crippen molar-refractivity contribution < 1.29 is 4.74 Å². The molecule has 1 saturated heterocycles. The predicted molar refractivity (Wildman–Crippen MR) is 81.3 cm³/mol. The van der Waals surface area contributed by atoms with Crippen molar-refractivity contribution in [3.05, 3.63) is 59.7 Å². The van der Waals surface area contributed by atoms with Crippen molar-refractivity contribution >= 4 is 19.2 Å². The van der Waals surface area contributed by atoms with Crippen molar-refractivity contribution in [2.24, 2.45) is 0 Å². The van der Waals surface area contributed by atoms with Gasteiger partial charge in [-0.25, -0.2) is 0 Å². The van der Waals surface area contributed by atoms with Crippen molar-refractivity contribution in [3.8, 4) is 0 Å². The highest BCUT2D eigenvalue weighted by Gasteiger charge is 2.46. The van der Waals surface area contributed by atoms with Gasteiger partial charge in [-0.15, -0.1) is 0 Å². The Bertz CT molecular complexity index is 577. The van der Waals surface area contributed by atoms with E-state index < -0.39 is 0 Å². The van der Waals surface area contributed by atoms with Crippen LogP contribution in [0.5, 0.6) is 0 Å². The molecule has 0 aliphatic carbocycles. The van der Waals surface area contributed by atoms with Crippen molar-refractivity contribution in [1.82, 2.24) is 0 Å². The van der Waals surface area contributed by atoms with E-state index in [0.717, 1.165) is 15.0 Å². The van der Waals surface area contributed by atoms with E-state index in [1.807, 2.05) is 0 Å². The first kappa shape index (κ1) is 11.6. The molecule has 0 saturated carbocycles. The number of ether oxygens (including phenoxy) is 1. The van der Waals surface area contributed by atoms with E-state index in [4.69, 9.17) is 4.74 Å². The average molecular weight is 268 g/mol. The molecule has 1 nitrogen and oxygen atoms in total. The van der Waals surface area contributed by atoms with Crippen molar-refractivity contribution in [2.45, 2.75) is 31.5 Å². The van der Waals surface area contributed by atoms with E-state index in [1.165, 1.54) is 21.7 Å². The van der Waals surface area contributed by atoms with Gasteiger partial charge in [-0.05, 0) is 28.2 Å². The smallest absolute Gasteiger partial charge is 0.0951 e. The maximum Gasteiger partial charge on any atom is 0.0951 e. The van der Waals surface area contributed by atoms with Gasteiger partial charge in [0.1, 0.15) is 0 Å². The maximum atomic E-state index is 5.92. The Balaban J connectivity index is 1.84. The summed E-state index contributed by atoms with van der Waals surface area (Å²) in [6.45, 7) is 2.22. The van der Waals surface area contributed by atoms with Crippen LogP contribution in [-0.4, -0.2) is 12.2 Å². The summed E-state index contributed by atoms with van der Waals surface area (Å²) >= 11 is 0. The normalized spacial score (nSPS) is 28.8. The third-order valence-electron chi connectivity index (χ3n) is 4.21. The summed E-state index contributed by atoms with van der Waals surface area (Å²) in [6, 6.07) is 17.8. The molecule has 2 aliphatic rings.